The fourth-order valence-corrected chi connectivity index (χ4v) is 1.12. The molecule has 0 saturated heterocycles. The van der Waals surface area contributed by atoms with E-state index in [-0.39, 0.29) is 12.2 Å². The fraction of sp³-hybridized carbons (Fsp3) is 0.500. The third-order valence-corrected chi connectivity index (χ3v) is 1.97. The van der Waals surface area contributed by atoms with Gasteiger partial charge in [0.15, 0.2) is 6.79 Å². The van der Waals surface area contributed by atoms with E-state index in [1.807, 2.05) is 12.1 Å². The van der Waals surface area contributed by atoms with Gasteiger partial charge in [-0.15, -0.1) is 17.7 Å². The molecule has 0 aliphatic carbocycles. The molecule has 4 heteroatoms. The first kappa shape index (κ1) is 15.9. The zero-order chi connectivity index (χ0) is 12.6. The van der Waals surface area contributed by atoms with Crippen LogP contribution in [0, 0.1) is 6.07 Å². The molecule has 0 amide bonds. The minimum atomic E-state index is 0.139. The normalized spacial score (nSPS) is 10.4. The van der Waals surface area contributed by atoms with E-state index in [0.29, 0.717) is 0 Å². The van der Waals surface area contributed by atoms with Crippen molar-refractivity contribution in [3.63, 3.8) is 0 Å². The summed E-state index contributed by atoms with van der Waals surface area (Å²) in [7, 11) is 6.37. The van der Waals surface area contributed by atoms with Crippen molar-refractivity contribution in [2.45, 2.75) is 26.2 Å². The van der Waals surface area contributed by atoms with E-state index in [9.17, 15) is 0 Å². The van der Waals surface area contributed by atoms with Gasteiger partial charge in [0.1, 0.15) is 0 Å². The van der Waals surface area contributed by atoms with Crippen molar-refractivity contribution >= 4 is 9.69 Å². The molecule has 0 atom stereocenters. The number of ether oxygens (including phenoxy) is 2. The topological polar surface area (TPSA) is 18.5 Å². The molecule has 1 aromatic carbocycles. The van der Waals surface area contributed by atoms with E-state index in [4.69, 9.17) is 19.2 Å². The molecule has 0 heterocycles. The Morgan fingerprint density at radius 3 is 2.50 bits per heavy atom. The molecule has 0 spiro atoms. The Bertz CT molecular complexity index is 297. The Morgan fingerprint density at radius 1 is 1.38 bits per heavy atom. The maximum absolute atomic E-state index is 5.31. The third-order valence-electron chi connectivity index (χ3n) is 1.97. The van der Waals surface area contributed by atoms with Crippen molar-refractivity contribution in [3.8, 4) is 5.75 Å². The van der Waals surface area contributed by atoms with Gasteiger partial charge in [-0.3, -0.25) is 0 Å². The summed E-state index contributed by atoms with van der Waals surface area (Å²) in [5.74, 6) is 0.735. The van der Waals surface area contributed by atoms with Crippen molar-refractivity contribution in [1.82, 2.24) is 0 Å². The molecule has 1 aromatic rings. The van der Waals surface area contributed by atoms with Gasteiger partial charge in [-0.1, -0.05) is 20.8 Å². The first-order valence-corrected chi connectivity index (χ1v) is 8.84. The van der Waals surface area contributed by atoms with E-state index < -0.39 is 0 Å². The molecule has 0 radical (unpaired) electrons. The summed E-state index contributed by atoms with van der Waals surface area (Å²) in [6, 6.07) is 8.95. The zero-order valence-electron chi connectivity index (χ0n) is 10.3. The molecular formula is C12H17ClO2Zn. The summed E-state index contributed by atoms with van der Waals surface area (Å²) in [6.07, 6.45) is 0. The molecule has 16 heavy (non-hydrogen) atoms. The number of methoxy groups -OCH3 is 1. The third kappa shape index (κ3) is 5.84. The number of hydrogen-bond acceptors (Lipinski definition) is 2. The van der Waals surface area contributed by atoms with E-state index >= 15 is 0 Å². The zero-order valence-corrected chi connectivity index (χ0v) is 14.1. The van der Waals surface area contributed by atoms with Gasteiger partial charge in [0.05, 0.1) is 0 Å². The number of halogens is 1. The molecule has 86 valence electrons. The van der Waals surface area contributed by atoms with Gasteiger partial charge in [0.25, 0.3) is 0 Å². The summed E-state index contributed by atoms with van der Waals surface area (Å²) >= 11 is 0.847. The van der Waals surface area contributed by atoms with Crippen LogP contribution >= 0.6 is 9.69 Å². The molecule has 0 fully saturated rings. The van der Waals surface area contributed by atoms with E-state index in [2.05, 4.69) is 32.9 Å². The van der Waals surface area contributed by atoms with Crippen LogP contribution in [0.15, 0.2) is 18.2 Å². The number of benzene rings is 1. The van der Waals surface area contributed by atoms with E-state index in [1.54, 1.807) is 7.11 Å². The Kier molecular flexibility index (Phi) is 8.00. The van der Waals surface area contributed by atoms with E-state index in [1.165, 1.54) is 5.56 Å². The van der Waals surface area contributed by atoms with Crippen LogP contribution in [0.5, 0.6) is 5.75 Å². The Labute approximate surface area is 112 Å². The number of hydrogen-bond donors (Lipinski definition) is 0. The quantitative estimate of drug-likeness (QED) is 0.483. The summed E-state index contributed by atoms with van der Waals surface area (Å²) in [5, 5.41) is 0. The van der Waals surface area contributed by atoms with Crippen LogP contribution in [-0.2, 0) is 27.5 Å². The second-order valence-electron chi connectivity index (χ2n) is 4.24. The SMILES string of the molecule is COCOc1[c-]ccc(C(C)(C)C)c1.[Cl][Zn+]. The minimum absolute atomic E-state index is 0.139. The Morgan fingerprint density at radius 2 is 2.00 bits per heavy atom. The summed E-state index contributed by atoms with van der Waals surface area (Å²) in [5.41, 5.74) is 1.38. The van der Waals surface area contributed by atoms with Gasteiger partial charge < -0.3 is 9.47 Å². The standard InChI is InChI=1S/C12H17O2.ClH.Zn/c1-12(2,3)10-6-5-7-11(8-10)14-9-13-4;;/h5-6,8H,9H2,1-4H3;1H;/q-1;;+2/p-1. The van der Waals surface area contributed by atoms with Crippen LogP contribution in [0.1, 0.15) is 26.3 Å². The van der Waals surface area contributed by atoms with Gasteiger partial charge in [-0.2, -0.15) is 12.1 Å². The van der Waals surface area contributed by atoms with Crippen LogP contribution in [0.4, 0.5) is 0 Å². The second kappa shape index (κ2) is 8.05. The van der Waals surface area contributed by atoms with Crippen LogP contribution in [0.2, 0.25) is 0 Å². The van der Waals surface area contributed by atoms with Gasteiger partial charge in [0, 0.05) is 12.9 Å². The van der Waals surface area contributed by atoms with Crippen molar-refractivity contribution < 1.29 is 26.8 Å². The number of rotatable bonds is 3. The molecule has 0 unspecified atom stereocenters. The monoisotopic (exact) mass is 292 g/mol. The maximum atomic E-state index is 5.31. The Hall–Kier alpha value is -0.107. The summed E-state index contributed by atoms with van der Waals surface area (Å²) in [6.45, 7) is 6.78. The molecule has 0 saturated carbocycles. The van der Waals surface area contributed by atoms with Gasteiger partial charge in [-0.25, -0.2) is 0 Å². The average molecular weight is 294 g/mol. The molecule has 0 aliphatic heterocycles. The van der Waals surface area contributed by atoms with Crippen molar-refractivity contribution in [1.29, 1.82) is 0 Å². The molecule has 1 rings (SSSR count). The fourth-order valence-electron chi connectivity index (χ4n) is 1.12. The molecule has 0 N–H and O–H groups in total. The van der Waals surface area contributed by atoms with Crippen LogP contribution in [0.25, 0.3) is 0 Å². The van der Waals surface area contributed by atoms with E-state index in [0.717, 1.165) is 23.1 Å². The van der Waals surface area contributed by atoms with Crippen LogP contribution in [-0.4, -0.2) is 13.9 Å². The molecule has 0 bridgehead atoms. The first-order valence-electron chi connectivity index (χ1n) is 4.95. The molecule has 0 aliphatic rings. The van der Waals surface area contributed by atoms with Crippen molar-refractivity contribution in [2.24, 2.45) is 0 Å². The van der Waals surface area contributed by atoms with Crippen molar-refractivity contribution in [2.75, 3.05) is 13.9 Å². The van der Waals surface area contributed by atoms with Crippen molar-refractivity contribution in [3.05, 3.63) is 29.8 Å². The molecule has 0 aromatic heterocycles. The van der Waals surface area contributed by atoms with Gasteiger partial charge >= 0.3 is 27.0 Å². The predicted molar refractivity (Wildman–Crippen MR) is 62.3 cm³/mol. The first-order chi connectivity index (χ1) is 7.54. The summed E-state index contributed by atoms with van der Waals surface area (Å²) < 4.78 is 10.1. The average Bonchev–Trinajstić information content (AvgIpc) is 2.28. The summed E-state index contributed by atoms with van der Waals surface area (Å²) in [4.78, 5) is 0. The van der Waals surface area contributed by atoms with Crippen LogP contribution < -0.4 is 4.74 Å². The van der Waals surface area contributed by atoms with Gasteiger partial charge in [-0.05, 0) is 5.41 Å². The van der Waals surface area contributed by atoms with Gasteiger partial charge in [0.2, 0.25) is 0 Å². The Balaban J connectivity index is 0.00000106. The van der Waals surface area contributed by atoms with Crippen LogP contribution in [0.3, 0.4) is 0 Å². The molecule has 2 nitrogen and oxygen atoms in total. The second-order valence-corrected chi connectivity index (χ2v) is 4.24. The predicted octanol–water partition coefficient (Wildman–Crippen LogP) is 3.45. The molecular weight excluding hydrogens is 277 g/mol.